The van der Waals surface area contributed by atoms with Crippen LogP contribution in [0.15, 0.2) is 18.2 Å². The molecule has 0 amide bonds. The molecule has 0 heterocycles. The summed E-state index contributed by atoms with van der Waals surface area (Å²) in [5.74, 6) is 1.25. The number of benzene rings is 1. The van der Waals surface area contributed by atoms with Crippen molar-refractivity contribution < 1.29 is 9.84 Å². The van der Waals surface area contributed by atoms with E-state index in [4.69, 9.17) is 10.5 Å². The lowest BCUT2D eigenvalue weighted by Crippen LogP contribution is -2.23. The molecule has 1 aromatic rings. The van der Waals surface area contributed by atoms with Gasteiger partial charge in [0, 0.05) is 6.04 Å². The first-order chi connectivity index (χ1) is 8.22. The lowest BCUT2D eigenvalue weighted by atomic mass is 9.81. The Labute approximate surface area is 103 Å². The third-order valence-electron chi connectivity index (χ3n) is 3.75. The molecule has 1 fully saturated rings. The lowest BCUT2D eigenvalue weighted by Gasteiger charge is -2.28. The number of hydrogen-bond donors (Lipinski definition) is 2. The molecule has 0 saturated heterocycles. The van der Waals surface area contributed by atoms with Crippen molar-refractivity contribution in [2.75, 3.05) is 7.11 Å². The summed E-state index contributed by atoms with van der Waals surface area (Å²) in [6, 6.07) is 5.48. The summed E-state index contributed by atoms with van der Waals surface area (Å²) in [5, 5.41) is 9.56. The molecule has 17 heavy (non-hydrogen) atoms. The van der Waals surface area contributed by atoms with E-state index >= 15 is 0 Å². The number of methoxy groups -OCH3 is 1. The van der Waals surface area contributed by atoms with Gasteiger partial charge < -0.3 is 15.6 Å². The molecule has 2 rings (SSSR count). The molecule has 3 N–H and O–H groups in total. The van der Waals surface area contributed by atoms with Crippen molar-refractivity contribution in [1.82, 2.24) is 0 Å². The van der Waals surface area contributed by atoms with Crippen molar-refractivity contribution >= 4 is 0 Å². The molecule has 0 radical (unpaired) electrons. The standard InChI is InChI=1S/C14H21NO2/c1-17-13-9-11(7-8-12(13)16)14(15)10-5-3-2-4-6-10/h7-10,14,16H,2-6,15H2,1H3/t14-/m1/s1. The Morgan fingerprint density at radius 3 is 2.65 bits per heavy atom. The normalized spacial score (nSPS) is 18.9. The van der Waals surface area contributed by atoms with Gasteiger partial charge in [0.2, 0.25) is 0 Å². The van der Waals surface area contributed by atoms with Crippen LogP contribution in [0, 0.1) is 5.92 Å². The molecule has 3 nitrogen and oxygen atoms in total. The van der Waals surface area contributed by atoms with Gasteiger partial charge in [0.15, 0.2) is 11.5 Å². The highest BCUT2D eigenvalue weighted by atomic mass is 16.5. The van der Waals surface area contributed by atoms with Crippen molar-refractivity contribution in [2.45, 2.75) is 38.1 Å². The Morgan fingerprint density at radius 1 is 1.29 bits per heavy atom. The maximum Gasteiger partial charge on any atom is 0.160 e. The van der Waals surface area contributed by atoms with E-state index in [0.717, 1.165) is 5.56 Å². The molecular weight excluding hydrogens is 214 g/mol. The van der Waals surface area contributed by atoms with Crippen LogP contribution in [0.25, 0.3) is 0 Å². The number of phenolic OH excluding ortho intramolecular Hbond substituents is 1. The molecule has 0 aliphatic heterocycles. The largest absolute Gasteiger partial charge is 0.504 e. The predicted molar refractivity (Wildman–Crippen MR) is 68.2 cm³/mol. The first kappa shape index (κ1) is 12.2. The van der Waals surface area contributed by atoms with Crippen LogP contribution >= 0.6 is 0 Å². The van der Waals surface area contributed by atoms with Crippen molar-refractivity contribution in [3.8, 4) is 11.5 Å². The molecule has 0 aromatic heterocycles. The molecule has 1 atom stereocenters. The topological polar surface area (TPSA) is 55.5 Å². The zero-order chi connectivity index (χ0) is 12.3. The van der Waals surface area contributed by atoms with E-state index in [1.807, 2.05) is 12.1 Å². The quantitative estimate of drug-likeness (QED) is 0.846. The monoisotopic (exact) mass is 235 g/mol. The minimum Gasteiger partial charge on any atom is -0.504 e. The van der Waals surface area contributed by atoms with Gasteiger partial charge in [0.1, 0.15) is 0 Å². The summed E-state index contributed by atoms with van der Waals surface area (Å²) in [4.78, 5) is 0. The highest BCUT2D eigenvalue weighted by Crippen LogP contribution is 2.35. The number of nitrogens with two attached hydrogens (primary N) is 1. The third kappa shape index (κ3) is 2.72. The molecule has 1 aliphatic rings. The number of aromatic hydroxyl groups is 1. The Balaban J connectivity index is 2.15. The van der Waals surface area contributed by atoms with E-state index in [2.05, 4.69) is 0 Å². The highest BCUT2D eigenvalue weighted by Gasteiger charge is 2.22. The van der Waals surface area contributed by atoms with Gasteiger partial charge in [-0.25, -0.2) is 0 Å². The fraction of sp³-hybridized carbons (Fsp3) is 0.571. The molecule has 1 aliphatic carbocycles. The smallest absolute Gasteiger partial charge is 0.160 e. The van der Waals surface area contributed by atoms with Crippen molar-refractivity contribution in [3.63, 3.8) is 0 Å². The second kappa shape index (κ2) is 5.41. The average molecular weight is 235 g/mol. The van der Waals surface area contributed by atoms with Crippen LogP contribution in [-0.4, -0.2) is 12.2 Å². The Kier molecular flexibility index (Phi) is 3.89. The van der Waals surface area contributed by atoms with Gasteiger partial charge >= 0.3 is 0 Å². The Bertz CT molecular complexity index is 372. The number of hydrogen-bond acceptors (Lipinski definition) is 3. The molecule has 94 valence electrons. The molecule has 0 spiro atoms. The highest BCUT2D eigenvalue weighted by molar-refractivity contribution is 5.42. The molecule has 3 heteroatoms. The summed E-state index contributed by atoms with van der Waals surface area (Å²) in [7, 11) is 1.56. The second-order valence-corrected chi connectivity index (χ2v) is 4.86. The minimum absolute atomic E-state index is 0.0600. The van der Waals surface area contributed by atoms with E-state index < -0.39 is 0 Å². The zero-order valence-electron chi connectivity index (χ0n) is 10.4. The summed E-state index contributed by atoms with van der Waals surface area (Å²) in [6.45, 7) is 0. The van der Waals surface area contributed by atoms with E-state index in [1.54, 1.807) is 13.2 Å². The fourth-order valence-corrected chi connectivity index (χ4v) is 2.67. The van der Waals surface area contributed by atoms with Crippen molar-refractivity contribution in [2.24, 2.45) is 11.7 Å². The van der Waals surface area contributed by atoms with Gasteiger partial charge in [0.25, 0.3) is 0 Å². The summed E-state index contributed by atoms with van der Waals surface area (Å²) < 4.78 is 5.12. The lowest BCUT2D eigenvalue weighted by molar-refractivity contribution is 0.307. The van der Waals surface area contributed by atoms with Crippen LogP contribution in [0.4, 0.5) is 0 Å². The van der Waals surface area contributed by atoms with E-state index in [9.17, 15) is 5.11 Å². The zero-order valence-corrected chi connectivity index (χ0v) is 10.4. The summed E-state index contributed by atoms with van der Waals surface area (Å²) in [6.07, 6.45) is 6.33. The first-order valence-corrected chi connectivity index (χ1v) is 6.35. The van der Waals surface area contributed by atoms with E-state index in [1.165, 1.54) is 32.1 Å². The van der Waals surface area contributed by atoms with Crippen LogP contribution in [0.2, 0.25) is 0 Å². The molecule has 1 saturated carbocycles. The number of ether oxygens (including phenoxy) is 1. The van der Waals surface area contributed by atoms with Gasteiger partial charge in [-0.1, -0.05) is 25.3 Å². The third-order valence-corrected chi connectivity index (χ3v) is 3.75. The van der Waals surface area contributed by atoms with E-state index in [0.29, 0.717) is 11.7 Å². The Hall–Kier alpha value is -1.22. The van der Waals surface area contributed by atoms with Crippen LogP contribution < -0.4 is 10.5 Å². The predicted octanol–water partition coefficient (Wildman–Crippen LogP) is 2.98. The van der Waals surface area contributed by atoms with Crippen molar-refractivity contribution in [1.29, 1.82) is 0 Å². The summed E-state index contributed by atoms with van der Waals surface area (Å²) in [5.41, 5.74) is 7.37. The van der Waals surface area contributed by atoms with Crippen LogP contribution in [-0.2, 0) is 0 Å². The van der Waals surface area contributed by atoms with Gasteiger partial charge in [-0.05, 0) is 36.5 Å². The SMILES string of the molecule is COc1cc([C@H](N)C2CCCCC2)ccc1O. The second-order valence-electron chi connectivity index (χ2n) is 4.86. The van der Waals surface area contributed by atoms with Crippen LogP contribution in [0.5, 0.6) is 11.5 Å². The Morgan fingerprint density at radius 2 is 2.00 bits per heavy atom. The van der Waals surface area contributed by atoms with Gasteiger partial charge in [-0.15, -0.1) is 0 Å². The number of rotatable bonds is 3. The summed E-state index contributed by atoms with van der Waals surface area (Å²) >= 11 is 0. The number of phenols is 1. The molecule has 0 unspecified atom stereocenters. The van der Waals surface area contributed by atoms with E-state index in [-0.39, 0.29) is 11.8 Å². The van der Waals surface area contributed by atoms with Crippen molar-refractivity contribution in [3.05, 3.63) is 23.8 Å². The van der Waals surface area contributed by atoms with Gasteiger partial charge in [-0.3, -0.25) is 0 Å². The molecule has 0 bridgehead atoms. The van der Waals surface area contributed by atoms with Crippen LogP contribution in [0.3, 0.4) is 0 Å². The minimum atomic E-state index is 0.0600. The van der Waals surface area contributed by atoms with Gasteiger partial charge in [0.05, 0.1) is 7.11 Å². The average Bonchev–Trinajstić information content (AvgIpc) is 2.39. The maximum absolute atomic E-state index is 9.56. The first-order valence-electron chi connectivity index (χ1n) is 6.35. The maximum atomic E-state index is 9.56. The van der Waals surface area contributed by atoms with Gasteiger partial charge in [-0.2, -0.15) is 0 Å². The molecular formula is C14H21NO2. The fourth-order valence-electron chi connectivity index (χ4n) is 2.67. The molecule has 1 aromatic carbocycles. The van der Waals surface area contributed by atoms with Crippen LogP contribution in [0.1, 0.15) is 43.7 Å².